The summed E-state index contributed by atoms with van der Waals surface area (Å²) < 4.78 is 5.47. The molecule has 2 amide bonds. The Hall–Kier alpha value is -4.21. The van der Waals surface area contributed by atoms with Crippen molar-refractivity contribution < 1.29 is 14.3 Å². The molecule has 5 rings (SSSR count). The lowest BCUT2D eigenvalue weighted by Gasteiger charge is -2.32. The van der Waals surface area contributed by atoms with E-state index in [9.17, 15) is 9.59 Å². The molecule has 1 atom stereocenters. The number of carbonyl (C=O) groups is 2. The molecular weight excluding hydrogens is 558 g/mol. The smallest absolute Gasteiger partial charge is 0.251 e. The number of nitrogens with zero attached hydrogens (tertiary/aromatic N) is 4. The highest BCUT2D eigenvalue weighted by Crippen LogP contribution is 2.28. The number of carbonyl (C=O) groups excluding carboxylic acids is 2. The van der Waals surface area contributed by atoms with Gasteiger partial charge < -0.3 is 19.9 Å². The van der Waals surface area contributed by atoms with Gasteiger partial charge in [0.05, 0.1) is 19.0 Å². The van der Waals surface area contributed by atoms with Crippen LogP contribution >= 0.6 is 11.8 Å². The Morgan fingerprint density at radius 1 is 0.907 bits per heavy atom. The van der Waals surface area contributed by atoms with Crippen molar-refractivity contribution >= 4 is 35.0 Å². The molecule has 1 fully saturated rings. The van der Waals surface area contributed by atoms with Crippen molar-refractivity contribution in [2.24, 2.45) is 0 Å². The molecule has 3 aromatic carbocycles. The van der Waals surface area contributed by atoms with Gasteiger partial charge in [-0.05, 0) is 62.2 Å². The largest absolute Gasteiger partial charge is 0.378 e. The first-order valence-corrected chi connectivity index (χ1v) is 15.4. The summed E-state index contributed by atoms with van der Waals surface area (Å²) in [6, 6.07) is 26.4. The van der Waals surface area contributed by atoms with Crippen molar-refractivity contribution in [1.29, 1.82) is 0 Å². The van der Waals surface area contributed by atoms with Crippen LogP contribution in [0.25, 0.3) is 0 Å². The second-order valence-electron chi connectivity index (χ2n) is 10.7. The molecule has 4 aromatic rings. The Bertz CT molecular complexity index is 1500. The molecule has 43 heavy (non-hydrogen) atoms. The standard InChI is InChI=1S/C34H37N5O3S/c1-24-9-11-27(12-10-24)22-39(31(40)23-43-34-35-25(2)21-26(3)36-34)32(28-7-5-4-6-8-28)33(41)37-29-13-15-30(16-14-29)38-17-19-42-20-18-38/h4-16,21,32H,17-20,22-23H2,1-3H3,(H,37,41). The highest BCUT2D eigenvalue weighted by atomic mass is 32.2. The number of hydrogen-bond donors (Lipinski definition) is 1. The molecule has 1 aliphatic rings. The zero-order valence-electron chi connectivity index (χ0n) is 24.8. The maximum atomic E-state index is 14.1. The molecule has 0 saturated carbocycles. The summed E-state index contributed by atoms with van der Waals surface area (Å²) in [5.74, 6) is -0.363. The van der Waals surface area contributed by atoms with Gasteiger partial charge in [-0.25, -0.2) is 9.97 Å². The van der Waals surface area contributed by atoms with Gasteiger partial charge >= 0.3 is 0 Å². The second-order valence-corrected chi connectivity index (χ2v) is 11.6. The van der Waals surface area contributed by atoms with E-state index in [4.69, 9.17) is 4.74 Å². The number of amides is 2. The van der Waals surface area contributed by atoms with Crippen LogP contribution in [0.1, 0.15) is 34.1 Å². The molecule has 8 nitrogen and oxygen atoms in total. The summed E-state index contributed by atoms with van der Waals surface area (Å²) in [7, 11) is 0. The van der Waals surface area contributed by atoms with Crippen molar-refractivity contribution in [1.82, 2.24) is 14.9 Å². The summed E-state index contributed by atoms with van der Waals surface area (Å²) in [6.45, 7) is 9.20. The van der Waals surface area contributed by atoms with E-state index in [0.29, 0.717) is 24.1 Å². The molecule has 0 spiro atoms. The van der Waals surface area contributed by atoms with E-state index in [1.807, 2.05) is 106 Å². The van der Waals surface area contributed by atoms with Crippen molar-refractivity contribution in [2.75, 3.05) is 42.3 Å². The van der Waals surface area contributed by atoms with Gasteiger partial charge in [-0.1, -0.05) is 71.9 Å². The minimum absolute atomic E-state index is 0.0968. The van der Waals surface area contributed by atoms with E-state index in [1.54, 1.807) is 4.90 Å². The molecular formula is C34H37N5O3S. The normalized spacial score (nSPS) is 13.8. The monoisotopic (exact) mass is 595 g/mol. The van der Waals surface area contributed by atoms with E-state index in [0.717, 1.165) is 46.9 Å². The Labute approximate surface area is 257 Å². The van der Waals surface area contributed by atoms with Crippen LogP contribution in [-0.2, 0) is 20.9 Å². The fourth-order valence-electron chi connectivity index (χ4n) is 5.08. The minimum Gasteiger partial charge on any atom is -0.378 e. The van der Waals surface area contributed by atoms with Crippen LogP contribution in [0.2, 0.25) is 0 Å². The number of morpholine rings is 1. The highest BCUT2D eigenvalue weighted by Gasteiger charge is 2.32. The Kier molecular flexibility index (Phi) is 10.1. The Morgan fingerprint density at radius 2 is 1.56 bits per heavy atom. The molecule has 1 unspecified atom stereocenters. The summed E-state index contributed by atoms with van der Waals surface area (Å²) in [4.78, 5) is 41.0. The topological polar surface area (TPSA) is 87.7 Å². The summed E-state index contributed by atoms with van der Waals surface area (Å²) in [5.41, 5.74) is 6.25. The van der Waals surface area contributed by atoms with Crippen LogP contribution in [0.5, 0.6) is 0 Å². The number of anilines is 2. The van der Waals surface area contributed by atoms with E-state index >= 15 is 0 Å². The van der Waals surface area contributed by atoms with Gasteiger partial charge in [0.1, 0.15) is 6.04 Å². The molecule has 0 bridgehead atoms. The number of aromatic nitrogens is 2. The number of benzene rings is 3. The van der Waals surface area contributed by atoms with Crippen molar-refractivity contribution in [3.05, 3.63) is 113 Å². The maximum Gasteiger partial charge on any atom is 0.251 e. The lowest BCUT2D eigenvalue weighted by molar-refractivity contribution is -0.137. The number of hydrogen-bond acceptors (Lipinski definition) is 7. The SMILES string of the molecule is Cc1ccc(CN(C(=O)CSc2nc(C)cc(C)n2)C(C(=O)Nc2ccc(N3CCOCC3)cc2)c2ccccc2)cc1. The minimum atomic E-state index is -0.852. The van der Waals surface area contributed by atoms with Gasteiger partial charge in [0.2, 0.25) is 5.91 Å². The van der Waals surface area contributed by atoms with E-state index in [-0.39, 0.29) is 24.1 Å². The molecule has 1 aromatic heterocycles. The molecule has 1 N–H and O–H groups in total. The third kappa shape index (κ3) is 8.21. The van der Waals surface area contributed by atoms with E-state index in [1.165, 1.54) is 11.8 Å². The molecule has 1 saturated heterocycles. The number of aryl methyl sites for hydroxylation is 3. The zero-order chi connectivity index (χ0) is 30.2. The quantitative estimate of drug-likeness (QED) is 0.185. The zero-order valence-corrected chi connectivity index (χ0v) is 25.6. The van der Waals surface area contributed by atoms with Crippen LogP contribution in [-0.4, -0.2) is 58.7 Å². The fourth-order valence-corrected chi connectivity index (χ4v) is 5.91. The van der Waals surface area contributed by atoms with Crippen LogP contribution in [0.4, 0.5) is 11.4 Å². The average Bonchev–Trinajstić information content (AvgIpc) is 3.01. The highest BCUT2D eigenvalue weighted by molar-refractivity contribution is 7.99. The van der Waals surface area contributed by atoms with Gasteiger partial charge in [-0.3, -0.25) is 9.59 Å². The van der Waals surface area contributed by atoms with Crippen LogP contribution in [0.15, 0.2) is 90.1 Å². The first-order valence-electron chi connectivity index (χ1n) is 14.4. The van der Waals surface area contributed by atoms with Crippen LogP contribution in [0, 0.1) is 20.8 Å². The van der Waals surface area contributed by atoms with Gasteiger partial charge in [-0.15, -0.1) is 0 Å². The third-order valence-electron chi connectivity index (χ3n) is 7.27. The number of thioether (sulfide) groups is 1. The molecule has 1 aliphatic heterocycles. The first kappa shape index (κ1) is 30.3. The molecule has 0 aliphatic carbocycles. The number of ether oxygens (including phenoxy) is 1. The first-order chi connectivity index (χ1) is 20.9. The second kappa shape index (κ2) is 14.3. The third-order valence-corrected chi connectivity index (χ3v) is 8.10. The summed E-state index contributed by atoms with van der Waals surface area (Å²) in [5, 5.41) is 3.63. The van der Waals surface area contributed by atoms with E-state index < -0.39 is 6.04 Å². The molecule has 222 valence electrons. The van der Waals surface area contributed by atoms with Crippen LogP contribution in [0.3, 0.4) is 0 Å². The Morgan fingerprint density at radius 3 is 2.21 bits per heavy atom. The van der Waals surface area contributed by atoms with E-state index in [2.05, 4.69) is 20.2 Å². The molecule has 0 radical (unpaired) electrons. The lowest BCUT2D eigenvalue weighted by Crippen LogP contribution is -2.41. The number of rotatable bonds is 10. The average molecular weight is 596 g/mol. The number of nitrogens with one attached hydrogen (secondary N) is 1. The summed E-state index contributed by atoms with van der Waals surface area (Å²) >= 11 is 1.28. The maximum absolute atomic E-state index is 14.1. The summed E-state index contributed by atoms with van der Waals surface area (Å²) in [6.07, 6.45) is 0. The van der Waals surface area contributed by atoms with Gasteiger partial charge in [0.15, 0.2) is 5.16 Å². The lowest BCUT2D eigenvalue weighted by atomic mass is 10.0. The van der Waals surface area contributed by atoms with Crippen LogP contribution < -0.4 is 10.2 Å². The predicted octanol–water partition coefficient (Wildman–Crippen LogP) is 5.74. The Balaban J connectivity index is 1.42. The van der Waals surface area contributed by atoms with Gasteiger partial charge in [0.25, 0.3) is 5.91 Å². The molecule has 2 heterocycles. The van der Waals surface area contributed by atoms with Gasteiger partial charge in [-0.2, -0.15) is 0 Å². The van der Waals surface area contributed by atoms with Crippen molar-refractivity contribution in [3.63, 3.8) is 0 Å². The van der Waals surface area contributed by atoms with Crippen molar-refractivity contribution in [3.8, 4) is 0 Å². The fraction of sp³-hybridized carbons (Fsp3) is 0.294. The molecule has 9 heteroatoms. The van der Waals surface area contributed by atoms with Crippen molar-refractivity contribution in [2.45, 2.75) is 38.5 Å². The predicted molar refractivity (Wildman–Crippen MR) is 171 cm³/mol. The van der Waals surface area contributed by atoms with Gasteiger partial charge in [0, 0.05) is 42.4 Å².